The number of nitro groups is 1. The molecule has 0 radical (unpaired) electrons. The van der Waals surface area contributed by atoms with Crippen molar-refractivity contribution in [2.24, 2.45) is 0 Å². The molecule has 1 unspecified atom stereocenters. The Morgan fingerprint density at radius 1 is 1.42 bits per heavy atom. The molecule has 0 aliphatic rings. The number of benzene rings is 1. The van der Waals surface area contributed by atoms with Gasteiger partial charge in [0.05, 0.1) is 10.5 Å². The summed E-state index contributed by atoms with van der Waals surface area (Å²) in [5, 5.41) is 13.6. The van der Waals surface area contributed by atoms with E-state index in [0.29, 0.717) is 6.54 Å². The highest BCUT2D eigenvalue weighted by Crippen LogP contribution is 2.51. The second kappa shape index (κ2) is 6.77. The summed E-state index contributed by atoms with van der Waals surface area (Å²) in [6, 6.07) is 5.58. The van der Waals surface area contributed by atoms with Crippen LogP contribution in [-0.4, -0.2) is 21.3 Å². The predicted octanol–water partition coefficient (Wildman–Crippen LogP) is 2.16. The van der Waals surface area contributed by atoms with Crippen molar-refractivity contribution in [1.29, 1.82) is 0 Å². The largest absolute Gasteiger partial charge is 0.347 e. The number of hydrogen-bond donors (Lipinski definition) is 3. The lowest BCUT2D eigenvalue weighted by atomic mass is 10.1. The van der Waals surface area contributed by atoms with Crippen molar-refractivity contribution in [3.63, 3.8) is 0 Å². The van der Waals surface area contributed by atoms with Crippen molar-refractivity contribution in [2.75, 3.05) is 6.54 Å². The van der Waals surface area contributed by atoms with Crippen molar-refractivity contribution in [3.05, 3.63) is 39.9 Å². The molecule has 1 rings (SSSR count). The predicted molar refractivity (Wildman–Crippen MR) is 70.8 cm³/mol. The summed E-state index contributed by atoms with van der Waals surface area (Å²) in [7, 11) is -4.52. The maximum atomic E-state index is 11.5. The van der Waals surface area contributed by atoms with Crippen LogP contribution in [0.5, 0.6) is 0 Å². The molecule has 0 saturated heterocycles. The van der Waals surface area contributed by atoms with Gasteiger partial charge in [0.1, 0.15) is 5.78 Å². The Hall–Kier alpha value is -1.27. The lowest BCUT2D eigenvalue weighted by molar-refractivity contribution is -0.385. The minimum atomic E-state index is -4.52. The van der Waals surface area contributed by atoms with Crippen LogP contribution < -0.4 is 5.32 Å². The monoisotopic (exact) mass is 288 g/mol. The second-order valence-electron chi connectivity index (χ2n) is 4.12. The summed E-state index contributed by atoms with van der Waals surface area (Å²) >= 11 is 0. The first-order valence-electron chi connectivity index (χ1n) is 5.89. The molecule has 0 fully saturated rings. The van der Waals surface area contributed by atoms with Gasteiger partial charge in [-0.15, -0.1) is 0 Å². The van der Waals surface area contributed by atoms with Crippen molar-refractivity contribution >= 4 is 13.3 Å². The summed E-state index contributed by atoms with van der Waals surface area (Å²) in [5.74, 6) is -1.35. The van der Waals surface area contributed by atoms with E-state index >= 15 is 0 Å². The van der Waals surface area contributed by atoms with Gasteiger partial charge >= 0.3 is 7.60 Å². The fourth-order valence-electron chi connectivity index (χ4n) is 1.71. The van der Waals surface area contributed by atoms with Crippen LogP contribution in [0.3, 0.4) is 0 Å². The van der Waals surface area contributed by atoms with Gasteiger partial charge in [0.15, 0.2) is 0 Å². The van der Waals surface area contributed by atoms with E-state index in [0.717, 1.165) is 12.8 Å². The number of unbranched alkanes of at least 4 members (excludes halogenated alkanes) is 1. The molecule has 106 valence electrons. The number of nitrogens with one attached hydrogen (secondary N) is 1. The van der Waals surface area contributed by atoms with Crippen LogP contribution in [0.25, 0.3) is 0 Å². The third-order valence-corrected chi connectivity index (χ3v) is 3.77. The minimum absolute atomic E-state index is 0.0111. The second-order valence-corrected chi connectivity index (χ2v) is 5.81. The zero-order valence-corrected chi connectivity index (χ0v) is 11.4. The van der Waals surface area contributed by atoms with Gasteiger partial charge in [-0.25, -0.2) is 0 Å². The maximum Gasteiger partial charge on any atom is 0.347 e. The highest BCUT2D eigenvalue weighted by atomic mass is 31.2. The van der Waals surface area contributed by atoms with Gasteiger partial charge in [0.25, 0.3) is 5.69 Å². The van der Waals surface area contributed by atoms with Crippen LogP contribution in [0.4, 0.5) is 5.69 Å². The van der Waals surface area contributed by atoms with Crippen LogP contribution in [0.2, 0.25) is 0 Å². The third kappa shape index (κ3) is 4.40. The summed E-state index contributed by atoms with van der Waals surface area (Å²) in [6.45, 7) is 2.33. The van der Waals surface area contributed by atoms with Crippen molar-refractivity contribution in [1.82, 2.24) is 5.32 Å². The van der Waals surface area contributed by atoms with Gasteiger partial charge in [-0.05, 0) is 19.0 Å². The molecule has 0 spiro atoms. The first-order chi connectivity index (χ1) is 8.88. The molecule has 0 amide bonds. The number of nitrogens with zero attached hydrogens (tertiary/aromatic N) is 1. The Bertz CT molecular complexity index is 488. The standard InChI is InChI=1S/C11H17N2O5P/c1-2-3-8-12-11(19(16,17)18)9-6-4-5-7-10(9)13(14)15/h4-7,11-12H,2-3,8H2,1H3,(H2,16,17,18). The number of hydrogen-bond acceptors (Lipinski definition) is 4. The van der Waals surface area contributed by atoms with E-state index in [4.69, 9.17) is 0 Å². The van der Waals surface area contributed by atoms with Gasteiger partial charge < -0.3 is 9.79 Å². The van der Waals surface area contributed by atoms with E-state index in [-0.39, 0.29) is 11.3 Å². The molecular weight excluding hydrogens is 271 g/mol. The van der Waals surface area contributed by atoms with E-state index in [1.807, 2.05) is 6.92 Å². The normalized spacial score (nSPS) is 13.2. The zero-order valence-electron chi connectivity index (χ0n) is 10.5. The van der Waals surface area contributed by atoms with E-state index < -0.39 is 18.3 Å². The van der Waals surface area contributed by atoms with Crippen LogP contribution in [0, 0.1) is 10.1 Å². The topological polar surface area (TPSA) is 113 Å². The van der Waals surface area contributed by atoms with E-state index in [1.165, 1.54) is 24.3 Å². The number of para-hydroxylation sites is 1. The van der Waals surface area contributed by atoms with Crippen molar-refractivity contribution < 1.29 is 19.3 Å². The fraction of sp³-hybridized carbons (Fsp3) is 0.455. The van der Waals surface area contributed by atoms with E-state index in [9.17, 15) is 24.5 Å². The lowest BCUT2D eigenvalue weighted by Crippen LogP contribution is -2.23. The molecule has 7 nitrogen and oxygen atoms in total. The Balaban J connectivity index is 3.11. The fourth-order valence-corrected chi connectivity index (χ4v) is 2.66. The van der Waals surface area contributed by atoms with Gasteiger partial charge in [0, 0.05) is 6.07 Å². The average Bonchev–Trinajstić information content (AvgIpc) is 2.33. The molecule has 0 aromatic heterocycles. The molecule has 3 N–H and O–H groups in total. The molecule has 1 aromatic carbocycles. The zero-order chi connectivity index (χ0) is 14.5. The Labute approximate surface area is 111 Å². The summed E-state index contributed by atoms with van der Waals surface area (Å²) in [6.07, 6.45) is 1.59. The minimum Gasteiger partial charge on any atom is -0.323 e. The quantitative estimate of drug-likeness (QED) is 0.307. The van der Waals surface area contributed by atoms with E-state index in [1.54, 1.807) is 0 Å². The molecule has 0 saturated carbocycles. The van der Waals surface area contributed by atoms with Crippen LogP contribution >= 0.6 is 7.60 Å². The highest BCUT2D eigenvalue weighted by Gasteiger charge is 2.34. The lowest BCUT2D eigenvalue weighted by Gasteiger charge is -2.20. The SMILES string of the molecule is CCCCNC(c1ccccc1[N+](=O)[O-])P(=O)(O)O. The first kappa shape index (κ1) is 15.8. The Morgan fingerprint density at radius 2 is 2.05 bits per heavy atom. The average molecular weight is 288 g/mol. The molecule has 8 heteroatoms. The van der Waals surface area contributed by atoms with Gasteiger partial charge in [-0.3, -0.25) is 20.0 Å². The first-order valence-corrected chi connectivity index (χ1v) is 7.58. The summed E-state index contributed by atoms with van der Waals surface area (Å²) in [4.78, 5) is 29.0. The summed E-state index contributed by atoms with van der Waals surface area (Å²) < 4.78 is 11.5. The molecule has 1 aromatic rings. The van der Waals surface area contributed by atoms with Crippen molar-refractivity contribution in [3.8, 4) is 0 Å². The molecule has 19 heavy (non-hydrogen) atoms. The smallest absolute Gasteiger partial charge is 0.323 e. The van der Waals surface area contributed by atoms with Crippen LogP contribution in [0.15, 0.2) is 24.3 Å². The number of nitro benzene ring substituents is 1. The molecule has 1 atom stereocenters. The molecule has 0 heterocycles. The maximum absolute atomic E-state index is 11.5. The van der Waals surface area contributed by atoms with Crippen molar-refractivity contribution in [2.45, 2.75) is 25.5 Å². The van der Waals surface area contributed by atoms with Gasteiger partial charge in [0.2, 0.25) is 0 Å². The highest BCUT2D eigenvalue weighted by molar-refractivity contribution is 7.52. The van der Waals surface area contributed by atoms with Gasteiger partial charge in [-0.1, -0.05) is 25.5 Å². The van der Waals surface area contributed by atoms with Crippen LogP contribution in [-0.2, 0) is 4.57 Å². The molecule has 0 aliphatic heterocycles. The number of rotatable bonds is 7. The Morgan fingerprint density at radius 3 is 2.58 bits per heavy atom. The summed E-state index contributed by atoms with van der Waals surface area (Å²) in [5.41, 5.74) is -0.281. The van der Waals surface area contributed by atoms with Crippen LogP contribution in [0.1, 0.15) is 31.1 Å². The van der Waals surface area contributed by atoms with E-state index in [2.05, 4.69) is 5.32 Å². The Kier molecular flexibility index (Phi) is 5.62. The molecular formula is C11H17N2O5P. The molecule has 0 aliphatic carbocycles. The van der Waals surface area contributed by atoms with Gasteiger partial charge in [-0.2, -0.15) is 0 Å². The third-order valence-electron chi connectivity index (χ3n) is 2.63. The molecule has 0 bridgehead atoms.